The Labute approximate surface area is 56.3 Å². The summed E-state index contributed by atoms with van der Waals surface area (Å²) >= 11 is 0. The predicted molar refractivity (Wildman–Crippen MR) is 37.6 cm³/mol. The van der Waals surface area contributed by atoms with Crippen LogP contribution in [0.3, 0.4) is 0 Å². The minimum absolute atomic E-state index is 0.0799. The zero-order chi connectivity index (χ0) is 7.72. The van der Waals surface area contributed by atoms with Gasteiger partial charge >= 0.3 is 0 Å². The van der Waals surface area contributed by atoms with Gasteiger partial charge in [0.15, 0.2) is 5.75 Å². The summed E-state index contributed by atoms with van der Waals surface area (Å²) in [6.07, 6.45) is 1.09. The van der Waals surface area contributed by atoms with Crippen LogP contribution >= 0.6 is 0 Å². The first-order chi connectivity index (χ1) is 4.63. The number of hydrogen-bond donors (Lipinski definition) is 4. The smallest absolute Gasteiger partial charge is 0.273 e. The summed E-state index contributed by atoms with van der Waals surface area (Å²) in [5.74, 6) is -0.211. The van der Waals surface area contributed by atoms with E-state index in [0.29, 0.717) is 0 Å². The second kappa shape index (κ2) is 1.94. The van der Waals surface area contributed by atoms with Crippen molar-refractivity contribution in [3.05, 3.63) is 16.6 Å². The molecule has 0 amide bonds. The molecule has 10 heavy (non-hydrogen) atoms. The number of hydrogen-bond acceptors (Lipinski definition) is 4. The van der Waals surface area contributed by atoms with Crippen LogP contribution in [0.5, 0.6) is 5.75 Å². The summed E-state index contributed by atoms with van der Waals surface area (Å²) in [4.78, 5) is 12.8. The molecule has 1 aromatic heterocycles. The number of aromatic hydroxyl groups is 1. The molecule has 5 heteroatoms. The lowest BCUT2D eigenvalue weighted by molar-refractivity contribution is 0.475. The minimum atomic E-state index is -0.490. The van der Waals surface area contributed by atoms with Gasteiger partial charge in [-0.1, -0.05) is 0 Å². The number of anilines is 2. The van der Waals surface area contributed by atoms with Crippen molar-refractivity contribution >= 4 is 11.4 Å². The molecule has 6 N–H and O–H groups in total. The van der Waals surface area contributed by atoms with E-state index in [4.69, 9.17) is 16.6 Å². The predicted octanol–water partition coefficient (Wildman–Crippen LogP) is -0.755. The van der Waals surface area contributed by atoms with E-state index >= 15 is 0 Å². The summed E-state index contributed by atoms with van der Waals surface area (Å²) in [6, 6.07) is 0. The van der Waals surface area contributed by atoms with Crippen LogP contribution in [0.15, 0.2) is 11.0 Å². The highest BCUT2D eigenvalue weighted by molar-refractivity contribution is 5.68. The van der Waals surface area contributed by atoms with E-state index in [2.05, 4.69) is 4.98 Å². The summed E-state index contributed by atoms with van der Waals surface area (Å²) in [5, 5.41) is 8.85. The lowest BCUT2D eigenvalue weighted by atomic mass is 10.3. The maximum Gasteiger partial charge on any atom is 0.273 e. The molecule has 1 rings (SSSR count). The zero-order valence-corrected chi connectivity index (χ0v) is 5.09. The number of rotatable bonds is 0. The third-order valence-corrected chi connectivity index (χ3v) is 1.15. The number of aromatic amines is 1. The van der Waals surface area contributed by atoms with Gasteiger partial charge < -0.3 is 21.6 Å². The van der Waals surface area contributed by atoms with Gasteiger partial charge in [-0.3, -0.25) is 4.79 Å². The lowest BCUT2D eigenvalue weighted by Crippen LogP contribution is -2.13. The fourth-order valence-corrected chi connectivity index (χ4v) is 0.550. The highest BCUT2D eigenvalue weighted by Crippen LogP contribution is 2.19. The van der Waals surface area contributed by atoms with E-state index < -0.39 is 5.56 Å². The van der Waals surface area contributed by atoms with Crippen LogP contribution in [-0.4, -0.2) is 10.1 Å². The van der Waals surface area contributed by atoms with Crippen LogP contribution in [0.1, 0.15) is 0 Å². The van der Waals surface area contributed by atoms with E-state index in [-0.39, 0.29) is 17.1 Å². The molecule has 0 aliphatic heterocycles. The third-order valence-electron chi connectivity index (χ3n) is 1.15. The molecule has 0 aliphatic carbocycles. The maximum absolute atomic E-state index is 10.6. The van der Waals surface area contributed by atoms with Gasteiger partial charge in [0.05, 0.1) is 0 Å². The molecule has 0 unspecified atom stereocenters. The molecular weight excluding hydrogens is 134 g/mol. The molecule has 54 valence electrons. The van der Waals surface area contributed by atoms with E-state index in [0.717, 1.165) is 6.20 Å². The third kappa shape index (κ3) is 0.771. The van der Waals surface area contributed by atoms with Crippen molar-refractivity contribution in [3.63, 3.8) is 0 Å². The minimum Gasteiger partial charge on any atom is -0.504 e. The van der Waals surface area contributed by atoms with Crippen molar-refractivity contribution in [3.8, 4) is 5.75 Å². The van der Waals surface area contributed by atoms with Crippen molar-refractivity contribution in [2.75, 3.05) is 11.5 Å². The van der Waals surface area contributed by atoms with E-state index in [1.165, 1.54) is 0 Å². The van der Waals surface area contributed by atoms with Gasteiger partial charge in [-0.15, -0.1) is 0 Å². The fraction of sp³-hybridized carbons (Fsp3) is 0. The van der Waals surface area contributed by atoms with Crippen molar-refractivity contribution < 1.29 is 5.11 Å². The van der Waals surface area contributed by atoms with E-state index in [9.17, 15) is 4.79 Å². The molecule has 0 radical (unpaired) electrons. The average Bonchev–Trinajstić information content (AvgIpc) is 1.93. The summed E-state index contributed by atoms with van der Waals surface area (Å²) in [5.41, 5.74) is 9.62. The second-order valence-electron chi connectivity index (χ2n) is 1.83. The molecule has 0 atom stereocenters. The van der Waals surface area contributed by atoms with E-state index in [1.54, 1.807) is 0 Å². The van der Waals surface area contributed by atoms with Crippen LogP contribution < -0.4 is 17.0 Å². The van der Waals surface area contributed by atoms with Gasteiger partial charge in [-0.05, 0) is 0 Å². The van der Waals surface area contributed by atoms with Crippen molar-refractivity contribution in [2.24, 2.45) is 0 Å². The fourth-order valence-electron chi connectivity index (χ4n) is 0.550. The van der Waals surface area contributed by atoms with Crippen molar-refractivity contribution in [2.45, 2.75) is 0 Å². The first kappa shape index (κ1) is 6.47. The molecule has 1 aromatic rings. The zero-order valence-electron chi connectivity index (χ0n) is 5.09. The van der Waals surface area contributed by atoms with Crippen molar-refractivity contribution in [1.29, 1.82) is 0 Å². The Morgan fingerprint density at radius 1 is 1.40 bits per heavy atom. The molecule has 1 heterocycles. The lowest BCUT2D eigenvalue weighted by Gasteiger charge is -1.98. The monoisotopic (exact) mass is 141 g/mol. The molecule has 0 aromatic carbocycles. The van der Waals surface area contributed by atoms with Crippen LogP contribution in [0, 0.1) is 0 Å². The summed E-state index contributed by atoms with van der Waals surface area (Å²) < 4.78 is 0. The van der Waals surface area contributed by atoms with E-state index in [1.807, 2.05) is 0 Å². The number of nitrogens with two attached hydrogens (primary N) is 2. The molecule has 0 spiro atoms. The van der Waals surface area contributed by atoms with Gasteiger partial charge in [-0.25, -0.2) is 0 Å². The van der Waals surface area contributed by atoms with Gasteiger partial charge in [0.25, 0.3) is 5.56 Å². The SMILES string of the molecule is Nc1c(O)c[nH]c(=O)c1N. The number of pyridine rings is 1. The highest BCUT2D eigenvalue weighted by Gasteiger charge is 2.02. The Morgan fingerprint density at radius 2 is 2.00 bits per heavy atom. The first-order valence-electron chi connectivity index (χ1n) is 2.58. The highest BCUT2D eigenvalue weighted by atomic mass is 16.3. The Kier molecular flexibility index (Phi) is 1.26. The van der Waals surface area contributed by atoms with Gasteiger partial charge in [-0.2, -0.15) is 0 Å². The molecule has 0 bridgehead atoms. The second-order valence-corrected chi connectivity index (χ2v) is 1.83. The Bertz CT molecular complexity index is 304. The number of aromatic nitrogens is 1. The molecular formula is C5H7N3O2. The Morgan fingerprint density at radius 3 is 2.50 bits per heavy atom. The van der Waals surface area contributed by atoms with Crippen LogP contribution in [0.4, 0.5) is 11.4 Å². The number of H-pyrrole nitrogens is 1. The number of nitrogen functional groups attached to an aromatic ring is 2. The summed E-state index contributed by atoms with van der Waals surface area (Å²) in [7, 11) is 0. The van der Waals surface area contributed by atoms with Crippen LogP contribution in [0.2, 0.25) is 0 Å². The quantitative estimate of drug-likeness (QED) is 0.381. The van der Waals surface area contributed by atoms with Crippen LogP contribution in [0.25, 0.3) is 0 Å². The molecule has 0 saturated carbocycles. The Balaban J connectivity index is 3.49. The molecule has 0 saturated heterocycles. The molecule has 0 fully saturated rings. The first-order valence-corrected chi connectivity index (χ1v) is 2.58. The van der Waals surface area contributed by atoms with Gasteiger partial charge in [0.1, 0.15) is 11.4 Å². The van der Waals surface area contributed by atoms with Crippen molar-refractivity contribution in [1.82, 2.24) is 4.98 Å². The maximum atomic E-state index is 10.6. The largest absolute Gasteiger partial charge is 0.504 e. The summed E-state index contributed by atoms with van der Waals surface area (Å²) in [6.45, 7) is 0. The topological polar surface area (TPSA) is 105 Å². The van der Waals surface area contributed by atoms with Gasteiger partial charge in [0.2, 0.25) is 0 Å². The molecule has 5 nitrogen and oxygen atoms in total. The normalized spacial score (nSPS) is 9.60. The number of nitrogens with one attached hydrogen (secondary N) is 1. The standard InChI is InChI=1S/C5H7N3O2/c6-3-2(9)1-8-5(10)4(3)7/h1,9H,7H2,(H3,6,8,10). The Hall–Kier alpha value is -1.65. The van der Waals surface area contributed by atoms with Crippen LogP contribution in [-0.2, 0) is 0 Å². The average molecular weight is 141 g/mol. The molecule has 0 aliphatic rings. The van der Waals surface area contributed by atoms with Gasteiger partial charge in [0, 0.05) is 6.20 Å².